The fraction of sp³-hybridized carbons (Fsp3) is 0.294. The highest BCUT2D eigenvalue weighted by molar-refractivity contribution is 9.10. The van der Waals surface area contributed by atoms with Gasteiger partial charge in [0, 0.05) is 11.0 Å². The van der Waals surface area contributed by atoms with Gasteiger partial charge in [0.25, 0.3) is 0 Å². The first-order valence-corrected chi connectivity index (χ1v) is 9.79. The molecule has 2 rings (SSSR count). The van der Waals surface area contributed by atoms with E-state index in [-0.39, 0.29) is 11.4 Å². The highest BCUT2D eigenvalue weighted by Crippen LogP contribution is 2.27. The Balaban J connectivity index is 2.10. The van der Waals surface area contributed by atoms with Crippen molar-refractivity contribution in [1.82, 2.24) is 4.72 Å². The standard InChI is InChI=1S/C17H20BrNO4S/c1-3-23-15-7-5-4-6-13(15)10-11-19-24(20,21)17-12-14(18)8-9-16(17)22-2/h4-9,12,19H,3,10-11H2,1-2H3. The Labute approximate surface area is 151 Å². The van der Waals surface area contributed by atoms with Crippen molar-refractivity contribution in [2.24, 2.45) is 0 Å². The molecule has 0 saturated carbocycles. The average molecular weight is 414 g/mol. The minimum atomic E-state index is -3.67. The first kappa shape index (κ1) is 18.8. The molecule has 1 N–H and O–H groups in total. The average Bonchev–Trinajstić information content (AvgIpc) is 2.56. The van der Waals surface area contributed by atoms with E-state index in [1.165, 1.54) is 13.2 Å². The molecule has 0 heterocycles. The summed E-state index contributed by atoms with van der Waals surface area (Å²) in [4.78, 5) is 0.109. The zero-order valence-electron chi connectivity index (χ0n) is 13.6. The van der Waals surface area contributed by atoms with Gasteiger partial charge in [0.2, 0.25) is 10.0 Å². The van der Waals surface area contributed by atoms with Gasteiger partial charge in [-0.25, -0.2) is 13.1 Å². The Morgan fingerprint density at radius 1 is 1.12 bits per heavy atom. The topological polar surface area (TPSA) is 64.6 Å². The largest absolute Gasteiger partial charge is 0.495 e. The Hall–Kier alpha value is -1.57. The molecule has 0 atom stereocenters. The van der Waals surface area contributed by atoms with Gasteiger partial charge in [-0.3, -0.25) is 0 Å². The number of ether oxygens (including phenoxy) is 2. The van der Waals surface area contributed by atoms with Crippen LogP contribution in [0, 0.1) is 0 Å². The molecule has 7 heteroatoms. The van der Waals surface area contributed by atoms with Gasteiger partial charge in [-0.05, 0) is 43.2 Å². The van der Waals surface area contributed by atoms with Crippen LogP contribution < -0.4 is 14.2 Å². The van der Waals surface area contributed by atoms with Crippen LogP contribution in [0.15, 0.2) is 51.8 Å². The monoisotopic (exact) mass is 413 g/mol. The molecule has 0 aromatic heterocycles. The van der Waals surface area contributed by atoms with E-state index in [1.807, 2.05) is 31.2 Å². The van der Waals surface area contributed by atoms with Crippen LogP contribution in [0.25, 0.3) is 0 Å². The van der Waals surface area contributed by atoms with E-state index in [1.54, 1.807) is 12.1 Å². The fourth-order valence-electron chi connectivity index (χ4n) is 2.27. The predicted molar refractivity (Wildman–Crippen MR) is 97.2 cm³/mol. The molecule has 0 spiro atoms. The number of hydrogen-bond donors (Lipinski definition) is 1. The Morgan fingerprint density at radius 2 is 1.88 bits per heavy atom. The maximum Gasteiger partial charge on any atom is 0.244 e. The summed E-state index contributed by atoms with van der Waals surface area (Å²) in [6.07, 6.45) is 0.533. The summed E-state index contributed by atoms with van der Waals surface area (Å²) in [6, 6.07) is 12.5. The summed E-state index contributed by atoms with van der Waals surface area (Å²) >= 11 is 3.29. The third-order valence-electron chi connectivity index (χ3n) is 3.37. The van der Waals surface area contributed by atoms with E-state index in [2.05, 4.69) is 20.7 Å². The smallest absolute Gasteiger partial charge is 0.244 e. The maximum atomic E-state index is 12.5. The Bertz CT molecular complexity index is 793. The normalized spacial score (nSPS) is 11.3. The Morgan fingerprint density at radius 3 is 2.58 bits per heavy atom. The van der Waals surface area contributed by atoms with Gasteiger partial charge in [0.1, 0.15) is 16.4 Å². The van der Waals surface area contributed by atoms with Crippen molar-refractivity contribution >= 4 is 26.0 Å². The van der Waals surface area contributed by atoms with Crippen molar-refractivity contribution in [3.05, 3.63) is 52.5 Å². The summed E-state index contributed by atoms with van der Waals surface area (Å²) in [6.45, 7) is 2.75. The van der Waals surface area contributed by atoms with E-state index in [0.29, 0.717) is 23.2 Å². The molecule has 0 aliphatic rings. The number of benzene rings is 2. The SMILES string of the molecule is CCOc1ccccc1CCNS(=O)(=O)c1cc(Br)ccc1OC. The van der Waals surface area contributed by atoms with E-state index in [4.69, 9.17) is 9.47 Å². The molecule has 0 aliphatic carbocycles. The molecule has 0 radical (unpaired) electrons. The maximum absolute atomic E-state index is 12.5. The zero-order chi connectivity index (χ0) is 17.6. The van der Waals surface area contributed by atoms with Crippen LogP contribution in [0.2, 0.25) is 0 Å². The summed E-state index contributed by atoms with van der Waals surface area (Å²) in [5.41, 5.74) is 0.961. The lowest BCUT2D eigenvalue weighted by molar-refractivity contribution is 0.336. The lowest BCUT2D eigenvalue weighted by Crippen LogP contribution is -2.26. The van der Waals surface area contributed by atoms with Gasteiger partial charge in [-0.1, -0.05) is 34.1 Å². The second-order valence-corrected chi connectivity index (χ2v) is 7.63. The molecular weight excluding hydrogens is 394 g/mol. The highest BCUT2D eigenvalue weighted by Gasteiger charge is 2.19. The van der Waals surface area contributed by atoms with Crippen molar-refractivity contribution in [3.8, 4) is 11.5 Å². The number of sulfonamides is 1. The number of rotatable bonds is 8. The minimum Gasteiger partial charge on any atom is -0.495 e. The lowest BCUT2D eigenvalue weighted by atomic mass is 10.1. The first-order chi connectivity index (χ1) is 11.5. The number of nitrogens with one attached hydrogen (secondary N) is 1. The second kappa shape index (κ2) is 8.50. The van der Waals surface area contributed by atoms with E-state index < -0.39 is 10.0 Å². The predicted octanol–water partition coefficient (Wildman–Crippen LogP) is 3.38. The molecule has 0 bridgehead atoms. The number of hydrogen-bond acceptors (Lipinski definition) is 4. The van der Waals surface area contributed by atoms with E-state index >= 15 is 0 Å². The van der Waals surface area contributed by atoms with Crippen LogP contribution in [-0.2, 0) is 16.4 Å². The quantitative estimate of drug-likeness (QED) is 0.720. The Kier molecular flexibility index (Phi) is 6.65. The van der Waals surface area contributed by atoms with Gasteiger partial charge in [-0.15, -0.1) is 0 Å². The molecule has 130 valence electrons. The summed E-state index contributed by atoms with van der Waals surface area (Å²) in [5, 5.41) is 0. The third kappa shape index (κ3) is 4.72. The lowest BCUT2D eigenvalue weighted by Gasteiger charge is -2.12. The van der Waals surface area contributed by atoms with Gasteiger partial charge >= 0.3 is 0 Å². The van der Waals surface area contributed by atoms with Crippen molar-refractivity contribution in [2.45, 2.75) is 18.2 Å². The molecule has 0 aliphatic heterocycles. The van der Waals surface area contributed by atoms with Crippen LogP contribution in [0.5, 0.6) is 11.5 Å². The van der Waals surface area contributed by atoms with Gasteiger partial charge in [-0.2, -0.15) is 0 Å². The van der Waals surface area contributed by atoms with Crippen LogP contribution in [-0.4, -0.2) is 28.7 Å². The van der Waals surface area contributed by atoms with Crippen LogP contribution in [0.1, 0.15) is 12.5 Å². The van der Waals surface area contributed by atoms with Crippen LogP contribution >= 0.6 is 15.9 Å². The fourth-order valence-corrected chi connectivity index (χ4v) is 4.00. The molecule has 0 unspecified atom stereocenters. The number of methoxy groups -OCH3 is 1. The molecule has 5 nitrogen and oxygen atoms in total. The molecule has 0 fully saturated rings. The molecule has 0 amide bonds. The zero-order valence-corrected chi connectivity index (χ0v) is 16.0. The third-order valence-corrected chi connectivity index (χ3v) is 5.35. The van der Waals surface area contributed by atoms with E-state index in [0.717, 1.165) is 11.3 Å². The van der Waals surface area contributed by atoms with Gasteiger partial charge < -0.3 is 9.47 Å². The molecule has 24 heavy (non-hydrogen) atoms. The van der Waals surface area contributed by atoms with Crippen molar-refractivity contribution in [2.75, 3.05) is 20.3 Å². The molecule has 2 aromatic carbocycles. The number of para-hydroxylation sites is 1. The first-order valence-electron chi connectivity index (χ1n) is 7.52. The summed E-state index contributed by atoms with van der Waals surface area (Å²) in [7, 11) is -2.22. The molecule has 2 aromatic rings. The van der Waals surface area contributed by atoms with Gasteiger partial charge in [0.05, 0.1) is 13.7 Å². The van der Waals surface area contributed by atoms with Crippen molar-refractivity contribution in [1.29, 1.82) is 0 Å². The van der Waals surface area contributed by atoms with Crippen LogP contribution in [0.3, 0.4) is 0 Å². The van der Waals surface area contributed by atoms with Crippen LogP contribution in [0.4, 0.5) is 0 Å². The van der Waals surface area contributed by atoms with E-state index in [9.17, 15) is 8.42 Å². The second-order valence-electron chi connectivity index (χ2n) is 4.98. The molecule has 0 saturated heterocycles. The minimum absolute atomic E-state index is 0.109. The highest BCUT2D eigenvalue weighted by atomic mass is 79.9. The van der Waals surface area contributed by atoms with Crippen molar-refractivity contribution in [3.63, 3.8) is 0 Å². The van der Waals surface area contributed by atoms with Gasteiger partial charge in [0.15, 0.2) is 0 Å². The summed E-state index contributed by atoms with van der Waals surface area (Å²) < 4.78 is 39.0. The summed E-state index contributed by atoms with van der Waals surface area (Å²) in [5.74, 6) is 1.08. The molecular formula is C17H20BrNO4S. The number of halogens is 1. The van der Waals surface area contributed by atoms with Crippen molar-refractivity contribution < 1.29 is 17.9 Å².